The first kappa shape index (κ1) is 20.8. The molecule has 0 heterocycles. The number of rotatable bonds is 8. The second-order valence-corrected chi connectivity index (χ2v) is 5.43. The molecule has 148 valence electrons. The molecule has 28 heavy (non-hydrogen) atoms. The maximum Gasteiger partial charge on any atom is 0.329 e. The molecular formula is C20H23N3O5. The highest BCUT2D eigenvalue weighted by Crippen LogP contribution is 2.27. The molecule has 2 amide bonds. The van der Waals surface area contributed by atoms with Gasteiger partial charge in [0.05, 0.1) is 32.2 Å². The second-order valence-electron chi connectivity index (χ2n) is 5.43. The van der Waals surface area contributed by atoms with Crippen LogP contribution in [0.25, 0.3) is 0 Å². The van der Waals surface area contributed by atoms with Gasteiger partial charge in [0.25, 0.3) is 0 Å². The fraction of sp³-hybridized carbons (Fsp3) is 0.250. The molecule has 2 N–H and O–H groups in total. The standard InChI is InChI=1S/C20H23N3O5/c1-4-27-16-9-7-6-8-15(16)22-19(24)20(25)23-21-13-14-10-11-17(26-3)18(12-14)28-5-2/h6-13H,4-5H2,1-3H3,(H,22,24)(H,23,25)/b21-13-. The van der Waals surface area contributed by atoms with Crippen LogP contribution in [0.15, 0.2) is 47.6 Å². The Balaban J connectivity index is 1.98. The van der Waals surface area contributed by atoms with Crippen molar-refractivity contribution in [1.82, 2.24) is 5.43 Å². The number of benzene rings is 2. The molecule has 0 atom stereocenters. The normalized spacial score (nSPS) is 10.4. The number of carbonyl (C=O) groups is 2. The van der Waals surface area contributed by atoms with E-state index in [1.807, 2.05) is 13.8 Å². The first-order valence-corrected chi connectivity index (χ1v) is 8.76. The molecule has 0 aromatic heterocycles. The summed E-state index contributed by atoms with van der Waals surface area (Å²) in [6.07, 6.45) is 1.40. The van der Waals surface area contributed by atoms with E-state index in [4.69, 9.17) is 14.2 Å². The van der Waals surface area contributed by atoms with Crippen LogP contribution in [0.5, 0.6) is 17.2 Å². The number of anilines is 1. The van der Waals surface area contributed by atoms with Gasteiger partial charge in [0, 0.05) is 0 Å². The number of methoxy groups -OCH3 is 1. The third-order valence-electron chi connectivity index (χ3n) is 3.51. The quantitative estimate of drug-likeness (QED) is 0.413. The highest BCUT2D eigenvalue weighted by molar-refractivity contribution is 6.39. The number of hydrogen-bond donors (Lipinski definition) is 2. The lowest BCUT2D eigenvalue weighted by Crippen LogP contribution is -2.32. The zero-order valence-corrected chi connectivity index (χ0v) is 16.0. The first-order valence-electron chi connectivity index (χ1n) is 8.76. The van der Waals surface area contributed by atoms with E-state index in [0.29, 0.717) is 41.7 Å². The summed E-state index contributed by atoms with van der Waals surface area (Å²) < 4.78 is 16.1. The van der Waals surface area contributed by atoms with E-state index >= 15 is 0 Å². The monoisotopic (exact) mass is 385 g/mol. The van der Waals surface area contributed by atoms with Crippen molar-refractivity contribution in [1.29, 1.82) is 0 Å². The van der Waals surface area contributed by atoms with Crippen LogP contribution in [0.3, 0.4) is 0 Å². The van der Waals surface area contributed by atoms with Crippen molar-refractivity contribution < 1.29 is 23.8 Å². The lowest BCUT2D eigenvalue weighted by atomic mass is 10.2. The van der Waals surface area contributed by atoms with Crippen molar-refractivity contribution in [2.75, 3.05) is 25.6 Å². The number of para-hydroxylation sites is 2. The largest absolute Gasteiger partial charge is 0.493 e. The van der Waals surface area contributed by atoms with Crippen molar-refractivity contribution in [3.8, 4) is 17.2 Å². The Bertz CT molecular complexity index is 851. The molecule has 0 fully saturated rings. The maximum atomic E-state index is 12.0. The Morgan fingerprint density at radius 2 is 1.68 bits per heavy atom. The van der Waals surface area contributed by atoms with Crippen molar-refractivity contribution in [2.24, 2.45) is 5.10 Å². The Labute approximate surface area is 163 Å². The zero-order chi connectivity index (χ0) is 20.4. The summed E-state index contributed by atoms with van der Waals surface area (Å²) in [5.74, 6) is -0.118. The van der Waals surface area contributed by atoms with E-state index in [1.165, 1.54) is 6.21 Å². The van der Waals surface area contributed by atoms with Gasteiger partial charge in [-0.05, 0) is 49.7 Å². The molecule has 0 spiro atoms. The number of nitrogens with one attached hydrogen (secondary N) is 2. The van der Waals surface area contributed by atoms with Gasteiger partial charge in [-0.15, -0.1) is 0 Å². The Morgan fingerprint density at radius 3 is 2.39 bits per heavy atom. The molecule has 8 nitrogen and oxygen atoms in total. The minimum Gasteiger partial charge on any atom is -0.493 e. The number of ether oxygens (including phenoxy) is 3. The van der Waals surface area contributed by atoms with Gasteiger partial charge in [0.1, 0.15) is 5.75 Å². The van der Waals surface area contributed by atoms with E-state index in [9.17, 15) is 9.59 Å². The fourth-order valence-electron chi connectivity index (χ4n) is 2.29. The van der Waals surface area contributed by atoms with Crippen LogP contribution in [0.4, 0.5) is 5.69 Å². The van der Waals surface area contributed by atoms with Gasteiger partial charge in [0.2, 0.25) is 0 Å². The number of carbonyl (C=O) groups excluding carboxylic acids is 2. The Kier molecular flexibility index (Phi) is 7.83. The molecule has 2 aromatic carbocycles. The minimum absolute atomic E-state index is 0.407. The molecule has 2 rings (SSSR count). The number of hydrogen-bond acceptors (Lipinski definition) is 6. The number of amides is 2. The summed E-state index contributed by atoms with van der Waals surface area (Å²) >= 11 is 0. The van der Waals surface area contributed by atoms with Crippen LogP contribution >= 0.6 is 0 Å². The summed E-state index contributed by atoms with van der Waals surface area (Å²) in [6.45, 7) is 4.62. The van der Waals surface area contributed by atoms with Crippen LogP contribution in [-0.4, -0.2) is 38.4 Å². The van der Waals surface area contributed by atoms with Gasteiger partial charge < -0.3 is 19.5 Å². The summed E-state index contributed by atoms with van der Waals surface area (Å²) in [5.41, 5.74) is 3.27. The van der Waals surface area contributed by atoms with Crippen molar-refractivity contribution in [3.05, 3.63) is 48.0 Å². The summed E-state index contributed by atoms with van der Waals surface area (Å²) in [6, 6.07) is 12.0. The summed E-state index contributed by atoms with van der Waals surface area (Å²) in [4.78, 5) is 24.0. The first-order chi connectivity index (χ1) is 13.6. The molecular weight excluding hydrogens is 362 g/mol. The van der Waals surface area contributed by atoms with Gasteiger partial charge in [-0.2, -0.15) is 5.10 Å². The van der Waals surface area contributed by atoms with Crippen molar-refractivity contribution >= 4 is 23.7 Å². The van der Waals surface area contributed by atoms with Crippen molar-refractivity contribution in [3.63, 3.8) is 0 Å². The second kappa shape index (κ2) is 10.6. The molecule has 0 saturated heterocycles. The van der Waals surface area contributed by atoms with E-state index in [1.54, 1.807) is 49.6 Å². The van der Waals surface area contributed by atoms with Crippen LogP contribution in [0.2, 0.25) is 0 Å². The number of nitrogens with zero attached hydrogens (tertiary/aromatic N) is 1. The van der Waals surface area contributed by atoms with Crippen molar-refractivity contribution in [2.45, 2.75) is 13.8 Å². The molecule has 0 bridgehead atoms. The molecule has 0 aliphatic rings. The molecule has 2 aromatic rings. The highest BCUT2D eigenvalue weighted by atomic mass is 16.5. The summed E-state index contributed by atoms with van der Waals surface area (Å²) in [5, 5.41) is 6.31. The van der Waals surface area contributed by atoms with E-state index in [-0.39, 0.29) is 0 Å². The maximum absolute atomic E-state index is 12.0. The third kappa shape index (κ3) is 5.73. The Hall–Kier alpha value is -3.55. The fourth-order valence-corrected chi connectivity index (χ4v) is 2.29. The van der Waals surface area contributed by atoms with Gasteiger partial charge in [0.15, 0.2) is 11.5 Å². The zero-order valence-electron chi connectivity index (χ0n) is 16.0. The SMILES string of the molecule is CCOc1ccccc1NC(=O)C(=O)N/N=C\c1ccc(OC)c(OCC)c1. The van der Waals surface area contributed by atoms with Gasteiger partial charge in [-0.1, -0.05) is 12.1 Å². The summed E-state index contributed by atoms with van der Waals surface area (Å²) in [7, 11) is 1.55. The molecule has 0 aliphatic carbocycles. The van der Waals surface area contributed by atoms with E-state index < -0.39 is 11.8 Å². The molecule has 8 heteroatoms. The average molecular weight is 385 g/mol. The van der Waals surface area contributed by atoms with Crippen LogP contribution in [0, 0.1) is 0 Å². The average Bonchev–Trinajstić information content (AvgIpc) is 2.70. The van der Waals surface area contributed by atoms with Gasteiger partial charge in [-0.25, -0.2) is 5.43 Å². The van der Waals surface area contributed by atoms with Crippen LogP contribution in [-0.2, 0) is 9.59 Å². The predicted octanol–water partition coefficient (Wildman–Crippen LogP) is 2.58. The van der Waals surface area contributed by atoms with Gasteiger partial charge >= 0.3 is 11.8 Å². The number of hydrazone groups is 1. The molecule has 0 aliphatic heterocycles. The van der Waals surface area contributed by atoms with E-state index in [0.717, 1.165) is 0 Å². The highest BCUT2D eigenvalue weighted by Gasteiger charge is 2.15. The molecule has 0 radical (unpaired) electrons. The van der Waals surface area contributed by atoms with Crippen LogP contribution < -0.4 is 25.0 Å². The Morgan fingerprint density at radius 1 is 0.964 bits per heavy atom. The topological polar surface area (TPSA) is 98.2 Å². The lowest BCUT2D eigenvalue weighted by Gasteiger charge is -2.10. The lowest BCUT2D eigenvalue weighted by molar-refractivity contribution is -0.136. The molecule has 0 unspecified atom stereocenters. The smallest absolute Gasteiger partial charge is 0.329 e. The predicted molar refractivity (Wildman–Crippen MR) is 106 cm³/mol. The minimum atomic E-state index is -0.902. The third-order valence-corrected chi connectivity index (χ3v) is 3.51. The van der Waals surface area contributed by atoms with Gasteiger partial charge in [-0.3, -0.25) is 9.59 Å². The molecule has 0 saturated carbocycles. The van der Waals surface area contributed by atoms with E-state index in [2.05, 4.69) is 15.8 Å². The van der Waals surface area contributed by atoms with Crippen LogP contribution in [0.1, 0.15) is 19.4 Å².